The van der Waals surface area contributed by atoms with Crippen LogP contribution in [0.2, 0.25) is 0 Å². The molecule has 2 rings (SSSR count). The molecule has 0 saturated carbocycles. The number of rotatable bonds is 9. The number of amides is 2. The normalized spacial score (nSPS) is 12.1. The Morgan fingerprint density at radius 1 is 0.966 bits per heavy atom. The van der Waals surface area contributed by atoms with Crippen LogP contribution in [-0.4, -0.2) is 22.4 Å². The van der Waals surface area contributed by atoms with Gasteiger partial charge in [-0.3, -0.25) is 14.4 Å². The average Bonchev–Trinajstić information content (AvgIpc) is 2.66. The summed E-state index contributed by atoms with van der Waals surface area (Å²) < 4.78 is 1.64. The molecular formula is C23H31N3O3. The van der Waals surface area contributed by atoms with Crippen LogP contribution >= 0.6 is 0 Å². The van der Waals surface area contributed by atoms with Crippen molar-refractivity contribution in [1.29, 1.82) is 0 Å². The predicted octanol–water partition coefficient (Wildman–Crippen LogP) is 2.70. The molecular weight excluding hydrogens is 366 g/mol. The van der Waals surface area contributed by atoms with Gasteiger partial charge in [-0.05, 0) is 29.0 Å². The van der Waals surface area contributed by atoms with Crippen LogP contribution < -0.4 is 16.2 Å². The van der Waals surface area contributed by atoms with Crippen molar-refractivity contribution >= 4 is 11.8 Å². The highest BCUT2D eigenvalue weighted by atomic mass is 16.2. The Kier molecular flexibility index (Phi) is 8.19. The molecule has 0 aliphatic heterocycles. The van der Waals surface area contributed by atoms with Crippen molar-refractivity contribution in [2.75, 3.05) is 0 Å². The molecule has 2 amide bonds. The molecule has 1 unspecified atom stereocenters. The number of hydrogen-bond donors (Lipinski definition) is 2. The van der Waals surface area contributed by atoms with Crippen molar-refractivity contribution < 1.29 is 9.59 Å². The van der Waals surface area contributed by atoms with Gasteiger partial charge < -0.3 is 15.2 Å². The van der Waals surface area contributed by atoms with Crippen molar-refractivity contribution in [2.24, 2.45) is 11.8 Å². The molecule has 6 nitrogen and oxygen atoms in total. The fourth-order valence-electron chi connectivity index (χ4n) is 2.99. The predicted molar refractivity (Wildman–Crippen MR) is 114 cm³/mol. The SMILES string of the molecule is CC(C)CC(=O)NC(C(=O)NCc1ccc(Cn2ccccc2=O)cc1)C(C)C. The van der Waals surface area contributed by atoms with E-state index in [0.717, 1.165) is 11.1 Å². The number of hydrogen-bond acceptors (Lipinski definition) is 3. The second kappa shape index (κ2) is 10.6. The van der Waals surface area contributed by atoms with E-state index < -0.39 is 6.04 Å². The van der Waals surface area contributed by atoms with E-state index in [1.165, 1.54) is 6.07 Å². The zero-order valence-electron chi connectivity index (χ0n) is 17.6. The van der Waals surface area contributed by atoms with Gasteiger partial charge in [0.1, 0.15) is 6.04 Å². The Bertz CT molecular complexity index is 869. The highest BCUT2D eigenvalue weighted by Gasteiger charge is 2.24. The van der Waals surface area contributed by atoms with Crippen molar-refractivity contribution in [3.05, 3.63) is 70.1 Å². The van der Waals surface area contributed by atoms with Crippen LogP contribution in [0.15, 0.2) is 53.5 Å². The van der Waals surface area contributed by atoms with E-state index in [9.17, 15) is 14.4 Å². The molecule has 0 radical (unpaired) electrons. The summed E-state index contributed by atoms with van der Waals surface area (Å²) in [6, 6.07) is 12.3. The lowest BCUT2D eigenvalue weighted by atomic mass is 10.0. The molecule has 1 aromatic heterocycles. The molecule has 1 atom stereocenters. The number of carbonyl (C=O) groups is 2. The minimum absolute atomic E-state index is 0.00216. The number of nitrogens with one attached hydrogen (secondary N) is 2. The molecule has 1 aromatic carbocycles. The maximum atomic E-state index is 12.6. The second-order valence-electron chi connectivity index (χ2n) is 8.09. The quantitative estimate of drug-likeness (QED) is 0.683. The van der Waals surface area contributed by atoms with Gasteiger partial charge in [-0.15, -0.1) is 0 Å². The van der Waals surface area contributed by atoms with Crippen LogP contribution in [-0.2, 0) is 22.7 Å². The maximum absolute atomic E-state index is 12.6. The number of carbonyl (C=O) groups excluding carboxylic acids is 2. The molecule has 156 valence electrons. The van der Waals surface area contributed by atoms with Gasteiger partial charge in [0.25, 0.3) is 5.56 Å². The summed E-state index contributed by atoms with van der Waals surface area (Å²) >= 11 is 0. The third-order valence-corrected chi connectivity index (χ3v) is 4.60. The lowest BCUT2D eigenvalue weighted by Crippen LogP contribution is -2.49. The van der Waals surface area contributed by atoms with E-state index in [1.807, 2.05) is 58.0 Å². The number of nitrogens with zero attached hydrogens (tertiary/aromatic N) is 1. The Hall–Kier alpha value is -2.89. The Morgan fingerprint density at radius 3 is 2.21 bits per heavy atom. The van der Waals surface area contributed by atoms with Crippen LogP contribution in [0.1, 0.15) is 45.2 Å². The second-order valence-corrected chi connectivity index (χ2v) is 8.09. The summed E-state index contributed by atoms with van der Waals surface area (Å²) in [6.07, 6.45) is 2.17. The lowest BCUT2D eigenvalue weighted by Gasteiger charge is -2.22. The monoisotopic (exact) mass is 397 g/mol. The number of aromatic nitrogens is 1. The Labute approximate surface area is 172 Å². The first kappa shape index (κ1) is 22.4. The first-order valence-corrected chi connectivity index (χ1v) is 10.1. The van der Waals surface area contributed by atoms with Crippen LogP contribution in [0.4, 0.5) is 0 Å². The summed E-state index contributed by atoms with van der Waals surface area (Å²) in [7, 11) is 0. The fourth-order valence-corrected chi connectivity index (χ4v) is 2.99. The van der Waals surface area contributed by atoms with Gasteiger partial charge in [0.15, 0.2) is 0 Å². The molecule has 0 saturated heterocycles. The Balaban J connectivity index is 1.92. The van der Waals surface area contributed by atoms with Gasteiger partial charge in [0.05, 0.1) is 6.54 Å². The first-order chi connectivity index (χ1) is 13.8. The zero-order valence-corrected chi connectivity index (χ0v) is 17.6. The summed E-state index contributed by atoms with van der Waals surface area (Å²) in [5, 5.41) is 5.75. The minimum Gasteiger partial charge on any atom is -0.350 e. The van der Waals surface area contributed by atoms with Crippen LogP contribution in [0.3, 0.4) is 0 Å². The minimum atomic E-state index is -0.550. The maximum Gasteiger partial charge on any atom is 0.250 e. The molecule has 29 heavy (non-hydrogen) atoms. The van der Waals surface area contributed by atoms with E-state index in [4.69, 9.17) is 0 Å². The lowest BCUT2D eigenvalue weighted by molar-refractivity contribution is -0.130. The highest BCUT2D eigenvalue weighted by molar-refractivity contribution is 5.87. The average molecular weight is 398 g/mol. The van der Waals surface area contributed by atoms with Crippen molar-refractivity contribution in [2.45, 2.75) is 53.2 Å². The van der Waals surface area contributed by atoms with Gasteiger partial charge in [0, 0.05) is 25.2 Å². The molecule has 2 N–H and O–H groups in total. The summed E-state index contributed by atoms with van der Waals surface area (Å²) in [4.78, 5) is 36.4. The third-order valence-electron chi connectivity index (χ3n) is 4.60. The number of pyridine rings is 1. The van der Waals surface area contributed by atoms with E-state index in [1.54, 1.807) is 16.8 Å². The molecule has 0 aliphatic carbocycles. The van der Waals surface area contributed by atoms with Gasteiger partial charge >= 0.3 is 0 Å². The van der Waals surface area contributed by atoms with Crippen LogP contribution in [0.5, 0.6) is 0 Å². The van der Waals surface area contributed by atoms with Crippen LogP contribution in [0, 0.1) is 11.8 Å². The molecule has 0 aliphatic rings. The van der Waals surface area contributed by atoms with Gasteiger partial charge in [-0.2, -0.15) is 0 Å². The first-order valence-electron chi connectivity index (χ1n) is 10.1. The van der Waals surface area contributed by atoms with Crippen molar-refractivity contribution in [3.63, 3.8) is 0 Å². The van der Waals surface area contributed by atoms with E-state index in [-0.39, 0.29) is 29.2 Å². The van der Waals surface area contributed by atoms with Crippen molar-refractivity contribution in [3.8, 4) is 0 Å². The summed E-state index contributed by atoms with van der Waals surface area (Å²) in [6.45, 7) is 8.67. The summed E-state index contributed by atoms with van der Waals surface area (Å²) in [5.74, 6) is -0.0415. The molecule has 0 bridgehead atoms. The van der Waals surface area contributed by atoms with Gasteiger partial charge in [-0.1, -0.05) is 58.0 Å². The molecule has 0 spiro atoms. The standard InChI is InChI=1S/C23H31N3O3/c1-16(2)13-20(27)25-22(17(3)4)23(29)24-14-18-8-10-19(11-9-18)15-26-12-6-5-7-21(26)28/h5-12,16-17,22H,13-15H2,1-4H3,(H,24,29)(H,25,27). The zero-order chi connectivity index (χ0) is 21.4. The topological polar surface area (TPSA) is 80.2 Å². The number of benzene rings is 1. The smallest absolute Gasteiger partial charge is 0.250 e. The highest BCUT2D eigenvalue weighted by Crippen LogP contribution is 2.08. The fraction of sp³-hybridized carbons (Fsp3) is 0.435. The third kappa shape index (κ3) is 7.22. The van der Waals surface area contributed by atoms with Crippen molar-refractivity contribution in [1.82, 2.24) is 15.2 Å². The molecule has 1 heterocycles. The van der Waals surface area contributed by atoms with E-state index >= 15 is 0 Å². The summed E-state index contributed by atoms with van der Waals surface area (Å²) in [5.41, 5.74) is 1.93. The van der Waals surface area contributed by atoms with Gasteiger partial charge in [0.2, 0.25) is 11.8 Å². The molecule has 6 heteroatoms. The van der Waals surface area contributed by atoms with E-state index in [0.29, 0.717) is 19.5 Å². The Morgan fingerprint density at radius 2 is 1.62 bits per heavy atom. The molecule has 2 aromatic rings. The van der Waals surface area contributed by atoms with E-state index in [2.05, 4.69) is 10.6 Å². The molecule has 0 fully saturated rings. The van der Waals surface area contributed by atoms with Gasteiger partial charge in [-0.25, -0.2) is 0 Å². The van der Waals surface area contributed by atoms with Crippen LogP contribution in [0.25, 0.3) is 0 Å². The largest absolute Gasteiger partial charge is 0.350 e.